The Labute approximate surface area is 122 Å². The van der Waals surface area contributed by atoms with Crippen molar-refractivity contribution in [3.63, 3.8) is 0 Å². The number of hydrogen-bond donors (Lipinski definition) is 0. The zero-order valence-electron chi connectivity index (χ0n) is 9.23. The Balaban J connectivity index is -0.0000000638. The fourth-order valence-corrected chi connectivity index (χ4v) is 0.642. The van der Waals surface area contributed by atoms with Gasteiger partial charge in [0.05, 0.1) is 0 Å². The molecule has 0 bridgehead atoms. The van der Waals surface area contributed by atoms with Crippen LogP contribution < -0.4 is 0 Å². The summed E-state index contributed by atoms with van der Waals surface area (Å²) in [6.07, 6.45) is 1.75. The van der Waals surface area contributed by atoms with Crippen molar-refractivity contribution in [1.29, 1.82) is 0 Å². The molecule has 0 aromatic heterocycles. The van der Waals surface area contributed by atoms with Crippen molar-refractivity contribution in [3.8, 4) is 0 Å². The second-order valence-corrected chi connectivity index (χ2v) is 2.33. The average Bonchev–Trinajstić information content (AvgIpc) is 2.85. The molecule has 0 spiro atoms. The van der Waals surface area contributed by atoms with Crippen LogP contribution >= 0.6 is 24.8 Å². The van der Waals surface area contributed by atoms with Crippen LogP contribution in [0, 0.1) is 0 Å². The molecule has 0 aliphatic heterocycles. The zero-order chi connectivity index (χ0) is 9.78. The summed E-state index contributed by atoms with van der Waals surface area (Å²) in [5, 5.41) is 0. The van der Waals surface area contributed by atoms with Gasteiger partial charge in [0.25, 0.3) is 0 Å². The van der Waals surface area contributed by atoms with Gasteiger partial charge >= 0.3 is 0 Å². The first-order valence-electron chi connectivity index (χ1n) is 4.32. The quantitative estimate of drug-likeness (QED) is 0.371. The van der Waals surface area contributed by atoms with Gasteiger partial charge in [0, 0.05) is 17.1 Å². The summed E-state index contributed by atoms with van der Waals surface area (Å²) in [6.45, 7) is 5.25. The third-order valence-corrected chi connectivity index (χ3v) is 1.11. The second-order valence-electron chi connectivity index (χ2n) is 2.33. The third-order valence-electron chi connectivity index (χ3n) is 1.11. The van der Waals surface area contributed by atoms with Gasteiger partial charge in [-0.15, -0.1) is 31.4 Å². The van der Waals surface area contributed by atoms with Crippen LogP contribution in [0.4, 0.5) is 0 Å². The largest absolute Gasteiger partial charge is 0.748 e. The normalized spacial score (nSPS) is 5.81. The molecule has 0 fully saturated rings. The Morgan fingerprint density at radius 3 is 1.25 bits per heavy atom. The maximum atomic E-state index is 3.36. The molecule has 0 atom stereocenters. The van der Waals surface area contributed by atoms with Crippen molar-refractivity contribution >= 4 is 24.8 Å². The molecule has 2 rings (SSSR count). The van der Waals surface area contributed by atoms with Crippen LogP contribution in [-0.2, 0) is 17.1 Å². The van der Waals surface area contributed by atoms with Crippen LogP contribution in [0.3, 0.4) is 0 Å². The average molecular weight is 301 g/mol. The Morgan fingerprint density at radius 1 is 0.875 bits per heavy atom. The Hall–Kier alpha value is -0.461. The van der Waals surface area contributed by atoms with Crippen LogP contribution in [-0.4, -0.2) is 0 Å². The van der Waals surface area contributed by atoms with E-state index in [0.29, 0.717) is 0 Å². The maximum Gasteiger partial charge on any atom is 0 e. The van der Waals surface area contributed by atoms with Gasteiger partial charge in [0.15, 0.2) is 0 Å². The van der Waals surface area contributed by atoms with Gasteiger partial charge in [-0.2, -0.15) is 18.2 Å². The summed E-state index contributed by atoms with van der Waals surface area (Å²) in [7, 11) is 0. The summed E-state index contributed by atoms with van der Waals surface area (Å²) in [6, 6.07) is 20.0. The van der Waals surface area contributed by atoms with Gasteiger partial charge in [-0.25, -0.2) is 12.1 Å². The summed E-state index contributed by atoms with van der Waals surface area (Å²) in [4.78, 5) is 0. The molecular weight excluding hydrogens is 283 g/mol. The summed E-state index contributed by atoms with van der Waals surface area (Å²) >= 11 is 0. The van der Waals surface area contributed by atoms with Gasteiger partial charge < -0.3 is 30.3 Å². The SMILES string of the molecule is C=CC.Cl.Cl.[Fe].[cH-]1[cH-][cH-][cH-][cH-]1.c1cc[cH-]c1. The number of allylic oxidation sites excluding steroid dienone is 1. The monoisotopic (exact) mass is 300 g/mol. The smallest absolute Gasteiger partial charge is 0 e. The van der Waals surface area contributed by atoms with E-state index in [0.717, 1.165) is 0 Å². The van der Waals surface area contributed by atoms with Crippen LogP contribution in [0.1, 0.15) is 6.92 Å². The molecule has 98 valence electrons. The van der Waals surface area contributed by atoms with Crippen LogP contribution in [0.5, 0.6) is 0 Å². The van der Waals surface area contributed by atoms with Crippen molar-refractivity contribution in [1.82, 2.24) is 0 Å². The van der Waals surface area contributed by atoms with E-state index in [1.54, 1.807) is 6.08 Å². The van der Waals surface area contributed by atoms with Gasteiger partial charge in [0.1, 0.15) is 0 Å². The van der Waals surface area contributed by atoms with Crippen LogP contribution in [0.2, 0.25) is 0 Å². The predicted molar refractivity (Wildman–Crippen MR) is 74.4 cm³/mol. The van der Waals surface area contributed by atoms with Crippen molar-refractivity contribution < 1.29 is 17.1 Å². The zero-order valence-corrected chi connectivity index (χ0v) is 12.0. The van der Waals surface area contributed by atoms with E-state index in [9.17, 15) is 0 Å². The summed E-state index contributed by atoms with van der Waals surface area (Å²) in [5.74, 6) is 0. The Bertz CT molecular complexity index is 189. The molecular formula is C13H18Cl2Fe-6. The second kappa shape index (κ2) is 24.0. The van der Waals surface area contributed by atoms with E-state index in [-0.39, 0.29) is 41.9 Å². The van der Waals surface area contributed by atoms with Crippen molar-refractivity contribution in [2.24, 2.45) is 0 Å². The molecule has 2 aromatic rings. The van der Waals surface area contributed by atoms with Crippen molar-refractivity contribution in [2.75, 3.05) is 0 Å². The molecule has 2 aromatic carbocycles. The Kier molecular flexibility index (Phi) is 37.0. The van der Waals surface area contributed by atoms with E-state index >= 15 is 0 Å². The topological polar surface area (TPSA) is 0 Å². The molecule has 0 radical (unpaired) electrons. The van der Waals surface area contributed by atoms with Crippen molar-refractivity contribution in [3.05, 3.63) is 73.3 Å². The minimum Gasteiger partial charge on any atom is -0.748 e. The minimum atomic E-state index is 0. The van der Waals surface area contributed by atoms with Gasteiger partial charge in [-0.3, -0.25) is 0 Å². The predicted octanol–water partition coefficient (Wildman–Crippen LogP) is 4.84. The van der Waals surface area contributed by atoms with Gasteiger partial charge in [-0.05, 0) is 6.92 Å². The van der Waals surface area contributed by atoms with E-state index in [1.807, 2.05) is 67.6 Å². The molecule has 16 heavy (non-hydrogen) atoms. The summed E-state index contributed by atoms with van der Waals surface area (Å²) < 4.78 is 0. The van der Waals surface area contributed by atoms with Gasteiger partial charge in [-0.1, -0.05) is 6.08 Å². The maximum absolute atomic E-state index is 3.36. The van der Waals surface area contributed by atoms with Gasteiger partial charge in [0.2, 0.25) is 0 Å². The molecule has 0 saturated carbocycles. The minimum absolute atomic E-state index is 0. The molecule has 0 aliphatic carbocycles. The van der Waals surface area contributed by atoms with E-state index in [2.05, 4.69) is 6.58 Å². The van der Waals surface area contributed by atoms with E-state index < -0.39 is 0 Å². The van der Waals surface area contributed by atoms with E-state index in [1.165, 1.54) is 0 Å². The summed E-state index contributed by atoms with van der Waals surface area (Å²) in [5.41, 5.74) is 0. The number of halogens is 2. The first-order valence-corrected chi connectivity index (χ1v) is 4.32. The molecule has 0 unspecified atom stereocenters. The van der Waals surface area contributed by atoms with Crippen molar-refractivity contribution in [2.45, 2.75) is 6.92 Å². The third kappa shape index (κ3) is 23.4. The number of rotatable bonds is 0. The first-order chi connectivity index (χ1) is 6.41. The fraction of sp³-hybridized carbons (Fsp3) is 0.0769. The first kappa shape index (κ1) is 24.7. The Morgan fingerprint density at radius 2 is 1.12 bits per heavy atom. The molecule has 0 heterocycles. The molecule has 0 saturated heterocycles. The fourth-order valence-electron chi connectivity index (χ4n) is 0.642. The molecule has 3 heteroatoms. The number of hydrogen-bond acceptors (Lipinski definition) is 0. The van der Waals surface area contributed by atoms with Crippen LogP contribution in [0.15, 0.2) is 73.3 Å². The molecule has 0 nitrogen and oxygen atoms in total. The molecule has 0 N–H and O–H groups in total. The van der Waals surface area contributed by atoms with Crippen LogP contribution in [0.25, 0.3) is 0 Å². The molecule has 0 aliphatic rings. The standard InChI is InChI=1S/2C5H5.C3H6.2ClH.Fe/c2*1-2-4-5-3-1;1-3-2;;;/h2*1-5H;3H,1H2,2H3;2*1H;/q-5;-1;;;;. The molecule has 0 amide bonds. The van der Waals surface area contributed by atoms with E-state index in [4.69, 9.17) is 0 Å².